The van der Waals surface area contributed by atoms with Crippen LogP contribution < -0.4 is 15.4 Å². The van der Waals surface area contributed by atoms with Gasteiger partial charge in [-0.3, -0.25) is 4.79 Å². The number of halogens is 3. The number of nitrogens with zero attached hydrogens (tertiary/aromatic N) is 4. The van der Waals surface area contributed by atoms with Crippen LogP contribution in [0.3, 0.4) is 0 Å². The highest BCUT2D eigenvalue weighted by Gasteiger charge is 2.24. The number of para-hydroxylation sites is 1. The molecule has 5 rings (SSSR count). The topological polar surface area (TPSA) is 93.4 Å². The third-order valence-electron chi connectivity index (χ3n) is 5.42. The fourth-order valence-electron chi connectivity index (χ4n) is 3.87. The molecule has 2 aromatic carbocycles. The number of nitrogens with one attached hydrogen (secondary N) is 2. The van der Waals surface area contributed by atoms with E-state index in [4.69, 9.17) is 4.74 Å². The fraction of sp³-hybridized carbons (Fsp3) is 0.273. The van der Waals surface area contributed by atoms with Crippen LogP contribution in [0.4, 0.5) is 14.7 Å². The summed E-state index contributed by atoms with van der Waals surface area (Å²) in [5.74, 6) is 0.393. The lowest BCUT2D eigenvalue weighted by molar-refractivity contribution is -0.121. The second-order valence-corrected chi connectivity index (χ2v) is 8.54. The molecule has 4 aromatic rings. The highest BCUT2D eigenvalue weighted by molar-refractivity contribution is 9.10. The van der Waals surface area contributed by atoms with E-state index in [1.807, 2.05) is 24.3 Å². The van der Waals surface area contributed by atoms with E-state index < -0.39 is 12.7 Å². The van der Waals surface area contributed by atoms with Crippen molar-refractivity contribution in [3.05, 3.63) is 46.9 Å². The SMILES string of the molecule is O=C1NCCCC[C@H]1Nc1nc2ccccc2c2nc(-c3ccc(Br)cc3OC(F)F)nn12. The maximum Gasteiger partial charge on any atom is 0.387 e. The molecule has 1 atom stereocenters. The molecule has 1 aliphatic rings. The van der Waals surface area contributed by atoms with Crippen molar-refractivity contribution in [1.82, 2.24) is 24.9 Å². The Hall–Kier alpha value is -3.34. The highest BCUT2D eigenvalue weighted by Crippen LogP contribution is 2.33. The number of aromatic nitrogens is 4. The molecule has 0 saturated carbocycles. The van der Waals surface area contributed by atoms with E-state index in [-0.39, 0.29) is 17.5 Å². The maximum absolute atomic E-state index is 13.0. The molecule has 1 fully saturated rings. The van der Waals surface area contributed by atoms with Crippen LogP contribution in [-0.2, 0) is 4.79 Å². The lowest BCUT2D eigenvalue weighted by Gasteiger charge is -2.16. The van der Waals surface area contributed by atoms with E-state index in [2.05, 4.69) is 41.6 Å². The Balaban J connectivity index is 1.66. The third kappa shape index (κ3) is 4.32. The van der Waals surface area contributed by atoms with Gasteiger partial charge < -0.3 is 15.4 Å². The molecule has 2 aromatic heterocycles. The van der Waals surface area contributed by atoms with Crippen molar-refractivity contribution in [2.45, 2.75) is 31.9 Å². The predicted molar refractivity (Wildman–Crippen MR) is 122 cm³/mol. The van der Waals surface area contributed by atoms with Crippen molar-refractivity contribution in [3.8, 4) is 17.1 Å². The van der Waals surface area contributed by atoms with Gasteiger partial charge in [0.1, 0.15) is 11.8 Å². The van der Waals surface area contributed by atoms with E-state index in [0.717, 1.165) is 18.2 Å². The molecule has 0 radical (unpaired) electrons. The Labute approximate surface area is 195 Å². The average molecular weight is 517 g/mol. The van der Waals surface area contributed by atoms with Gasteiger partial charge in [-0.2, -0.15) is 13.3 Å². The molecule has 1 amide bonds. The maximum atomic E-state index is 13.0. The number of benzene rings is 2. The predicted octanol–water partition coefficient (Wildman–Crippen LogP) is 4.39. The first-order valence-electron chi connectivity index (χ1n) is 10.4. The van der Waals surface area contributed by atoms with Crippen molar-refractivity contribution >= 4 is 44.3 Å². The number of carbonyl (C=O) groups excluding carboxylic acids is 1. The molecule has 0 aliphatic carbocycles. The van der Waals surface area contributed by atoms with Crippen molar-refractivity contribution < 1.29 is 18.3 Å². The van der Waals surface area contributed by atoms with E-state index in [1.54, 1.807) is 12.1 Å². The molecule has 0 bridgehead atoms. The summed E-state index contributed by atoms with van der Waals surface area (Å²) in [4.78, 5) is 21.8. The molecule has 8 nitrogen and oxygen atoms in total. The summed E-state index contributed by atoms with van der Waals surface area (Å²) in [6.07, 6.45) is 2.46. The van der Waals surface area contributed by atoms with E-state index in [0.29, 0.717) is 40.1 Å². The number of hydrogen-bond acceptors (Lipinski definition) is 6. The number of fused-ring (bicyclic) bond motifs is 3. The normalized spacial score (nSPS) is 16.7. The Kier molecular flexibility index (Phi) is 5.79. The molecular weight excluding hydrogens is 498 g/mol. The van der Waals surface area contributed by atoms with Crippen molar-refractivity contribution in [2.75, 3.05) is 11.9 Å². The van der Waals surface area contributed by atoms with Gasteiger partial charge in [0.2, 0.25) is 11.9 Å². The molecular formula is C22H19BrF2N6O2. The number of hydrogen-bond donors (Lipinski definition) is 2. The Morgan fingerprint density at radius 1 is 1.18 bits per heavy atom. The van der Waals surface area contributed by atoms with Gasteiger partial charge in [-0.15, -0.1) is 5.10 Å². The van der Waals surface area contributed by atoms with Crippen LogP contribution in [-0.4, -0.2) is 44.7 Å². The summed E-state index contributed by atoms with van der Waals surface area (Å²) in [5.41, 5.74) is 1.46. The standard InChI is InChI=1S/C22H19BrF2N6O2/c23-12-8-9-14(17(11-12)33-21(24)25)18-29-19-13-5-1-2-6-15(13)27-22(31(19)30-18)28-16-7-3-4-10-26-20(16)32/h1-2,5-6,8-9,11,16,21H,3-4,7,10H2,(H,26,32)(H,27,28)/t16-/m1/s1. The number of rotatable bonds is 5. The first-order valence-corrected chi connectivity index (χ1v) is 11.2. The molecule has 0 unspecified atom stereocenters. The number of amides is 1. The van der Waals surface area contributed by atoms with Crippen LogP contribution in [0.25, 0.3) is 27.9 Å². The summed E-state index contributed by atoms with van der Waals surface area (Å²) >= 11 is 3.28. The number of ether oxygens (including phenoxy) is 1. The quantitative estimate of drug-likeness (QED) is 0.408. The van der Waals surface area contributed by atoms with Crippen LogP contribution in [0, 0.1) is 0 Å². The molecule has 170 valence electrons. The summed E-state index contributed by atoms with van der Waals surface area (Å²) < 4.78 is 32.8. The minimum atomic E-state index is -3.00. The summed E-state index contributed by atoms with van der Waals surface area (Å²) in [6.45, 7) is -2.36. The van der Waals surface area contributed by atoms with Crippen molar-refractivity contribution in [3.63, 3.8) is 0 Å². The zero-order valence-corrected chi connectivity index (χ0v) is 18.8. The van der Waals surface area contributed by atoms with Gasteiger partial charge in [0.05, 0.1) is 11.1 Å². The molecule has 3 heterocycles. The molecule has 1 saturated heterocycles. The Morgan fingerprint density at radius 3 is 2.88 bits per heavy atom. The molecule has 2 N–H and O–H groups in total. The van der Waals surface area contributed by atoms with Gasteiger partial charge >= 0.3 is 6.61 Å². The summed E-state index contributed by atoms with van der Waals surface area (Å²) in [6, 6.07) is 11.7. The monoisotopic (exact) mass is 516 g/mol. The second-order valence-electron chi connectivity index (χ2n) is 7.63. The number of alkyl halides is 2. The van der Waals surface area contributed by atoms with E-state index in [1.165, 1.54) is 10.6 Å². The van der Waals surface area contributed by atoms with E-state index >= 15 is 0 Å². The van der Waals surface area contributed by atoms with E-state index in [9.17, 15) is 13.6 Å². The van der Waals surface area contributed by atoms with Crippen LogP contribution in [0.1, 0.15) is 19.3 Å². The third-order valence-corrected chi connectivity index (χ3v) is 5.91. The lowest BCUT2D eigenvalue weighted by Crippen LogP contribution is -2.38. The number of carbonyl (C=O) groups is 1. The van der Waals surface area contributed by atoms with Gasteiger partial charge in [-0.25, -0.2) is 9.97 Å². The summed E-state index contributed by atoms with van der Waals surface area (Å²) in [5, 5.41) is 11.4. The Bertz CT molecular complexity index is 1350. The smallest absolute Gasteiger partial charge is 0.387 e. The highest BCUT2D eigenvalue weighted by atomic mass is 79.9. The summed E-state index contributed by atoms with van der Waals surface area (Å²) in [7, 11) is 0. The van der Waals surface area contributed by atoms with Gasteiger partial charge in [0, 0.05) is 16.4 Å². The first-order chi connectivity index (χ1) is 16.0. The number of anilines is 1. The lowest BCUT2D eigenvalue weighted by atomic mass is 10.1. The largest absolute Gasteiger partial charge is 0.434 e. The minimum Gasteiger partial charge on any atom is -0.434 e. The van der Waals surface area contributed by atoms with Gasteiger partial charge in [-0.05, 0) is 49.6 Å². The zero-order valence-electron chi connectivity index (χ0n) is 17.3. The van der Waals surface area contributed by atoms with Crippen LogP contribution in [0.2, 0.25) is 0 Å². The minimum absolute atomic E-state index is 0.0507. The van der Waals surface area contributed by atoms with Gasteiger partial charge in [0.15, 0.2) is 11.5 Å². The van der Waals surface area contributed by atoms with Gasteiger partial charge in [0.25, 0.3) is 0 Å². The first kappa shape index (κ1) is 21.5. The van der Waals surface area contributed by atoms with Crippen LogP contribution in [0.5, 0.6) is 5.75 Å². The van der Waals surface area contributed by atoms with Crippen LogP contribution in [0.15, 0.2) is 46.9 Å². The fourth-order valence-corrected chi connectivity index (χ4v) is 4.21. The zero-order chi connectivity index (χ0) is 22.9. The van der Waals surface area contributed by atoms with Crippen LogP contribution >= 0.6 is 15.9 Å². The molecule has 0 spiro atoms. The van der Waals surface area contributed by atoms with Crippen molar-refractivity contribution in [1.29, 1.82) is 0 Å². The van der Waals surface area contributed by atoms with Gasteiger partial charge in [-0.1, -0.05) is 28.1 Å². The van der Waals surface area contributed by atoms with Crippen molar-refractivity contribution in [2.24, 2.45) is 0 Å². The second kappa shape index (κ2) is 8.89. The molecule has 33 heavy (non-hydrogen) atoms. The average Bonchev–Trinajstić information content (AvgIpc) is 3.13. The molecule has 11 heteroatoms. The Morgan fingerprint density at radius 2 is 2.03 bits per heavy atom. The molecule has 1 aliphatic heterocycles.